The van der Waals surface area contributed by atoms with E-state index in [1.165, 1.54) is 11.3 Å². The van der Waals surface area contributed by atoms with Gasteiger partial charge in [0.05, 0.1) is 18.2 Å². The average molecular weight is 324 g/mol. The van der Waals surface area contributed by atoms with Gasteiger partial charge in [0.25, 0.3) is 0 Å². The van der Waals surface area contributed by atoms with E-state index in [0.29, 0.717) is 22.4 Å². The lowest BCUT2D eigenvalue weighted by molar-refractivity contribution is 0.0531. The van der Waals surface area contributed by atoms with E-state index in [1.54, 1.807) is 13.0 Å². The predicted molar refractivity (Wildman–Crippen MR) is 75.1 cm³/mol. The quantitative estimate of drug-likeness (QED) is 0.636. The fourth-order valence-corrected chi connectivity index (χ4v) is 3.68. The van der Waals surface area contributed by atoms with Crippen molar-refractivity contribution in [2.75, 3.05) is 6.61 Å². The van der Waals surface area contributed by atoms with E-state index in [-0.39, 0.29) is 5.97 Å². The Labute approximate surface area is 117 Å². The molecule has 1 aromatic carbocycles. The Bertz CT molecular complexity index is 642. The van der Waals surface area contributed by atoms with E-state index in [9.17, 15) is 4.79 Å². The molecule has 0 bridgehead atoms. The fraction of sp³-hybridized carbons (Fsp3) is 0.231. The van der Waals surface area contributed by atoms with Gasteiger partial charge in [-0.1, -0.05) is 22.0 Å². The number of esters is 1. The van der Waals surface area contributed by atoms with Crippen LogP contribution >= 0.6 is 27.3 Å². The second-order valence-corrected chi connectivity index (χ2v) is 5.17. The molecule has 2 rings (SSSR count). The summed E-state index contributed by atoms with van der Waals surface area (Å²) in [5.74, 6) is -0.322. The smallest absolute Gasteiger partial charge is 0.348 e. The van der Waals surface area contributed by atoms with Crippen LogP contribution in [0.15, 0.2) is 18.2 Å². The molecule has 0 aliphatic heterocycles. The SMILES string of the molecule is CCOC(=O)c1sc2cccc(C#N)c2c1CBr. The first-order valence-corrected chi connectivity index (χ1v) is 7.34. The predicted octanol–water partition coefficient (Wildman–Crippen LogP) is 3.84. The van der Waals surface area contributed by atoms with Gasteiger partial charge < -0.3 is 4.74 Å². The van der Waals surface area contributed by atoms with E-state index in [2.05, 4.69) is 22.0 Å². The summed E-state index contributed by atoms with van der Waals surface area (Å²) >= 11 is 4.75. The normalized spacial score (nSPS) is 10.3. The van der Waals surface area contributed by atoms with Crippen molar-refractivity contribution in [3.05, 3.63) is 34.2 Å². The minimum atomic E-state index is -0.322. The molecule has 0 aliphatic rings. The van der Waals surface area contributed by atoms with Gasteiger partial charge in [-0.05, 0) is 24.6 Å². The van der Waals surface area contributed by atoms with Gasteiger partial charge in [0.1, 0.15) is 4.88 Å². The second-order valence-electron chi connectivity index (χ2n) is 3.55. The number of hydrogen-bond acceptors (Lipinski definition) is 4. The molecular formula is C13H10BrNO2S. The summed E-state index contributed by atoms with van der Waals surface area (Å²) in [7, 11) is 0. The standard InChI is InChI=1S/C13H10BrNO2S/c1-2-17-13(16)12-9(6-14)11-8(7-15)4-3-5-10(11)18-12/h3-5H,2,6H2,1H3. The number of halogens is 1. The van der Waals surface area contributed by atoms with Gasteiger partial charge in [-0.25, -0.2) is 4.79 Å². The van der Waals surface area contributed by atoms with E-state index >= 15 is 0 Å². The molecule has 5 heteroatoms. The molecule has 0 aliphatic carbocycles. The summed E-state index contributed by atoms with van der Waals surface area (Å²) in [6.07, 6.45) is 0. The van der Waals surface area contributed by atoms with Crippen molar-refractivity contribution < 1.29 is 9.53 Å². The zero-order valence-corrected chi connectivity index (χ0v) is 12.1. The molecule has 92 valence electrons. The number of fused-ring (bicyclic) bond motifs is 1. The first-order valence-electron chi connectivity index (χ1n) is 5.40. The number of nitrogens with zero attached hydrogens (tertiary/aromatic N) is 1. The van der Waals surface area contributed by atoms with Crippen LogP contribution in [0.5, 0.6) is 0 Å². The van der Waals surface area contributed by atoms with Crippen LogP contribution in [0, 0.1) is 11.3 Å². The van der Waals surface area contributed by atoms with Crippen LogP contribution in [0.3, 0.4) is 0 Å². The third kappa shape index (κ3) is 2.14. The van der Waals surface area contributed by atoms with Crippen molar-refractivity contribution in [3.8, 4) is 6.07 Å². The molecule has 1 aromatic heterocycles. The molecule has 0 amide bonds. The lowest BCUT2D eigenvalue weighted by atomic mass is 10.1. The van der Waals surface area contributed by atoms with Crippen molar-refractivity contribution >= 4 is 43.3 Å². The number of carbonyl (C=O) groups excluding carboxylic acids is 1. The van der Waals surface area contributed by atoms with Crippen LogP contribution in [-0.2, 0) is 10.1 Å². The molecule has 0 unspecified atom stereocenters. The third-order valence-electron chi connectivity index (χ3n) is 2.53. The Morgan fingerprint density at radius 2 is 2.33 bits per heavy atom. The first kappa shape index (κ1) is 13.1. The number of benzene rings is 1. The highest BCUT2D eigenvalue weighted by Crippen LogP contribution is 2.35. The van der Waals surface area contributed by atoms with Crippen molar-refractivity contribution in [1.82, 2.24) is 0 Å². The van der Waals surface area contributed by atoms with Gasteiger partial charge in [-0.3, -0.25) is 0 Å². The minimum absolute atomic E-state index is 0.322. The molecule has 0 saturated carbocycles. The maximum absolute atomic E-state index is 11.9. The summed E-state index contributed by atoms with van der Waals surface area (Å²) in [5.41, 5.74) is 1.43. The van der Waals surface area contributed by atoms with Crippen LogP contribution in [-0.4, -0.2) is 12.6 Å². The van der Waals surface area contributed by atoms with E-state index in [4.69, 9.17) is 10.00 Å². The molecule has 0 fully saturated rings. The maximum Gasteiger partial charge on any atom is 0.348 e. The third-order valence-corrected chi connectivity index (χ3v) is 4.27. The van der Waals surface area contributed by atoms with Gasteiger partial charge >= 0.3 is 5.97 Å². The minimum Gasteiger partial charge on any atom is -0.462 e. The number of thiophene rings is 1. The number of ether oxygens (including phenoxy) is 1. The molecular weight excluding hydrogens is 314 g/mol. The number of alkyl halides is 1. The zero-order chi connectivity index (χ0) is 13.1. The van der Waals surface area contributed by atoms with Gasteiger partial charge in [0.15, 0.2) is 0 Å². The summed E-state index contributed by atoms with van der Waals surface area (Å²) in [6.45, 7) is 2.12. The average Bonchev–Trinajstić information content (AvgIpc) is 2.77. The van der Waals surface area contributed by atoms with Gasteiger partial charge in [0, 0.05) is 15.4 Å². The highest BCUT2D eigenvalue weighted by molar-refractivity contribution is 9.08. The Balaban J connectivity index is 2.70. The van der Waals surface area contributed by atoms with Crippen LogP contribution in [0.1, 0.15) is 27.7 Å². The van der Waals surface area contributed by atoms with Crippen molar-refractivity contribution in [2.24, 2.45) is 0 Å². The Morgan fingerprint density at radius 1 is 1.56 bits per heavy atom. The maximum atomic E-state index is 11.9. The van der Waals surface area contributed by atoms with Crippen LogP contribution in [0.25, 0.3) is 10.1 Å². The van der Waals surface area contributed by atoms with Crippen LogP contribution in [0.2, 0.25) is 0 Å². The molecule has 1 heterocycles. The van der Waals surface area contributed by atoms with E-state index in [1.807, 2.05) is 12.1 Å². The van der Waals surface area contributed by atoms with Crippen LogP contribution in [0.4, 0.5) is 0 Å². The van der Waals surface area contributed by atoms with Gasteiger partial charge in [0.2, 0.25) is 0 Å². The molecule has 0 radical (unpaired) electrons. The molecule has 18 heavy (non-hydrogen) atoms. The zero-order valence-electron chi connectivity index (χ0n) is 9.70. The Morgan fingerprint density at radius 3 is 2.94 bits per heavy atom. The number of hydrogen-bond donors (Lipinski definition) is 0. The Kier molecular flexibility index (Phi) is 4.00. The molecule has 0 N–H and O–H groups in total. The molecule has 0 spiro atoms. The Hall–Kier alpha value is -1.38. The highest BCUT2D eigenvalue weighted by atomic mass is 79.9. The monoisotopic (exact) mass is 323 g/mol. The van der Waals surface area contributed by atoms with Crippen molar-refractivity contribution in [3.63, 3.8) is 0 Å². The van der Waals surface area contributed by atoms with Crippen molar-refractivity contribution in [1.29, 1.82) is 5.26 Å². The van der Waals surface area contributed by atoms with Crippen molar-refractivity contribution in [2.45, 2.75) is 12.3 Å². The summed E-state index contributed by atoms with van der Waals surface area (Å²) in [4.78, 5) is 12.5. The second kappa shape index (κ2) is 5.51. The lowest BCUT2D eigenvalue weighted by Crippen LogP contribution is -2.04. The van der Waals surface area contributed by atoms with E-state index in [0.717, 1.165) is 15.6 Å². The van der Waals surface area contributed by atoms with Crippen LogP contribution < -0.4 is 0 Å². The lowest BCUT2D eigenvalue weighted by Gasteiger charge is -2.01. The summed E-state index contributed by atoms with van der Waals surface area (Å²) < 4.78 is 5.98. The van der Waals surface area contributed by atoms with Gasteiger partial charge in [-0.2, -0.15) is 5.26 Å². The molecule has 2 aromatic rings. The number of rotatable bonds is 3. The molecule has 0 saturated heterocycles. The summed E-state index contributed by atoms with van der Waals surface area (Å²) in [5, 5.41) is 10.5. The molecule has 0 atom stereocenters. The highest BCUT2D eigenvalue weighted by Gasteiger charge is 2.20. The largest absolute Gasteiger partial charge is 0.462 e. The number of nitriles is 1. The fourth-order valence-electron chi connectivity index (χ4n) is 1.79. The summed E-state index contributed by atoms with van der Waals surface area (Å²) in [6, 6.07) is 7.66. The molecule has 3 nitrogen and oxygen atoms in total. The van der Waals surface area contributed by atoms with E-state index < -0.39 is 0 Å². The number of carbonyl (C=O) groups is 1. The first-order chi connectivity index (χ1) is 8.72. The topological polar surface area (TPSA) is 50.1 Å². The van der Waals surface area contributed by atoms with Gasteiger partial charge in [-0.15, -0.1) is 11.3 Å².